The van der Waals surface area contributed by atoms with Crippen LogP contribution in [0.5, 0.6) is 0 Å². The van der Waals surface area contributed by atoms with Gasteiger partial charge in [-0.05, 0) is 66.4 Å². The van der Waals surface area contributed by atoms with Crippen LogP contribution in [-0.2, 0) is 4.79 Å². The largest absolute Gasteiger partial charge is 0.426 e. The molecule has 0 aliphatic heterocycles. The molecule has 0 spiro atoms. The number of amides is 1. The molecule has 0 saturated carbocycles. The Morgan fingerprint density at radius 3 is 2.68 bits per heavy atom. The number of fused-ring (bicyclic) bond motifs is 1. The molecule has 4 rings (SSSR count). The lowest BCUT2D eigenvalue weighted by Crippen LogP contribution is -2.07. The number of carbonyl (C=O) groups excluding carboxylic acids is 1. The Balaban J connectivity index is 1.47. The monoisotopic (exact) mass is 427 g/mol. The van der Waals surface area contributed by atoms with E-state index in [0.717, 1.165) is 15.3 Å². The fourth-order valence-electron chi connectivity index (χ4n) is 2.99. The third-order valence-corrected chi connectivity index (χ3v) is 5.23. The van der Waals surface area contributed by atoms with Crippen molar-refractivity contribution in [2.24, 2.45) is 0 Å². The Labute approximate surface area is 182 Å². The molecule has 4 aromatic rings. The molecule has 0 fully saturated rings. The summed E-state index contributed by atoms with van der Waals surface area (Å²) in [6, 6.07) is 17.7. The van der Waals surface area contributed by atoms with Gasteiger partial charge in [0.2, 0.25) is 5.91 Å². The summed E-state index contributed by atoms with van der Waals surface area (Å²) in [5.41, 5.74) is 3.60. The number of rotatable bonds is 5. The van der Waals surface area contributed by atoms with Crippen LogP contribution in [0.25, 0.3) is 28.5 Å². The van der Waals surface area contributed by atoms with E-state index in [4.69, 9.17) is 5.26 Å². The molecule has 0 unspecified atom stereocenters. The standard InChI is InChI=1S/C23H17N5O2S/c1-31-22-11-4-15(14-25-22)3-10-21(29)26-18-7-5-17(6-8-18)23-27-19-9-2-16(13-24)12-20(19)28(23)30/h2-12,14,30H,1H3,(H,26,29)/b10-3+. The summed E-state index contributed by atoms with van der Waals surface area (Å²) >= 11 is 1.56. The molecule has 8 heteroatoms. The molecule has 0 radical (unpaired) electrons. The first-order valence-corrected chi connectivity index (χ1v) is 10.5. The summed E-state index contributed by atoms with van der Waals surface area (Å²) in [5, 5.41) is 23.2. The third kappa shape index (κ3) is 4.42. The maximum atomic E-state index is 12.2. The molecule has 0 bridgehead atoms. The van der Waals surface area contributed by atoms with Crippen molar-refractivity contribution in [3.63, 3.8) is 0 Å². The van der Waals surface area contributed by atoms with Crippen LogP contribution >= 0.6 is 11.8 Å². The van der Waals surface area contributed by atoms with Gasteiger partial charge in [0, 0.05) is 23.5 Å². The van der Waals surface area contributed by atoms with E-state index in [-0.39, 0.29) is 5.91 Å². The van der Waals surface area contributed by atoms with Gasteiger partial charge >= 0.3 is 0 Å². The van der Waals surface area contributed by atoms with E-state index < -0.39 is 0 Å². The lowest BCUT2D eigenvalue weighted by molar-refractivity contribution is -0.111. The molecule has 0 aliphatic rings. The van der Waals surface area contributed by atoms with Gasteiger partial charge in [0.1, 0.15) is 5.52 Å². The normalized spacial score (nSPS) is 11.0. The number of carbonyl (C=O) groups is 1. The number of pyridine rings is 1. The van der Waals surface area contributed by atoms with Crippen LogP contribution in [0.2, 0.25) is 0 Å². The fraction of sp³-hybridized carbons (Fsp3) is 0.0435. The Bertz CT molecular complexity index is 1320. The molecule has 2 aromatic carbocycles. The van der Waals surface area contributed by atoms with Gasteiger partial charge in [-0.15, -0.1) is 11.8 Å². The van der Waals surface area contributed by atoms with Gasteiger partial charge in [-0.25, -0.2) is 9.97 Å². The summed E-state index contributed by atoms with van der Waals surface area (Å²) in [5.74, 6) is 0.0872. The highest BCUT2D eigenvalue weighted by atomic mass is 32.2. The average Bonchev–Trinajstić information content (AvgIpc) is 3.14. The van der Waals surface area contributed by atoms with Crippen molar-refractivity contribution in [1.29, 1.82) is 5.26 Å². The first-order chi connectivity index (χ1) is 15.1. The van der Waals surface area contributed by atoms with Crippen molar-refractivity contribution in [1.82, 2.24) is 14.7 Å². The topological polar surface area (TPSA) is 104 Å². The van der Waals surface area contributed by atoms with Gasteiger partial charge in [-0.2, -0.15) is 9.99 Å². The smallest absolute Gasteiger partial charge is 0.248 e. The van der Waals surface area contributed by atoms with Crippen LogP contribution in [0, 0.1) is 11.3 Å². The number of nitrogens with one attached hydrogen (secondary N) is 1. The zero-order valence-corrected chi connectivity index (χ0v) is 17.3. The molecule has 0 atom stereocenters. The van der Waals surface area contributed by atoms with Gasteiger partial charge in [0.05, 0.1) is 22.2 Å². The van der Waals surface area contributed by atoms with Crippen LogP contribution < -0.4 is 5.32 Å². The van der Waals surface area contributed by atoms with Crippen LogP contribution in [0.4, 0.5) is 5.69 Å². The van der Waals surface area contributed by atoms with Crippen molar-refractivity contribution >= 4 is 40.5 Å². The Hall–Kier alpha value is -4.09. The summed E-state index contributed by atoms with van der Waals surface area (Å²) < 4.78 is 0.961. The SMILES string of the molecule is CSc1ccc(/C=C/C(=O)Nc2ccc(-c3nc4ccc(C#N)cc4n3O)cc2)cn1. The van der Waals surface area contributed by atoms with Crippen molar-refractivity contribution in [2.45, 2.75) is 5.03 Å². The van der Waals surface area contributed by atoms with Crippen LogP contribution in [0.15, 0.2) is 71.9 Å². The van der Waals surface area contributed by atoms with E-state index in [1.165, 1.54) is 6.08 Å². The van der Waals surface area contributed by atoms with Crippen molar-refractivity contribution < 1.29 is 10.0 Å². The van der Waals surface area contributed by atoms with Crippen molar-refractivity contribution in [2.75, 3.05) is 11.6 Å². The molecule has 7 nitrogen and oxygen atoms in total. The number of benzene rings is 2. The van der Waals surface area contributed by atoms with Gasteiger partial charge in [-0.3, -0.25) is 4.79 Å². The number of aromatic nitrogens is 3. The van der Waals surface area contributed by atoms with Crippen molar-refractivity contribution in [3.8, 4) is 17.5 Å². The maximum absolute atomic E-state index is 12.2. The van der Waals surface area contributed by atoms with Crippen LogP contribution in [0.3, 0.4) is 0 Å². The minimum Gasteiger partial charge on any atom is -0.426 e. The molecule has 1 amide bonds. The molecule has 0 aliphatic carbocycles. The number of nitriles is 1. The van der Waals surface area contributed by atoms with E-state index in [0.29, 0.717) is 33.7 Å². The summed E-state index contributed by atoms with van der Waals surface area (Å²) in [6.45, 7) is 0. The number of hydrogen-bond donors (Lipinski definition) is 2. The lowest BCUT2D eigenvalue weighted by atomic mass is 10.2. The van der Waals surface area contributed by atoms with E-state index in [1.54, 1.807) is 66.5 Å². The Kier molecular flexibility index (Phi) is 5.69. The summed E-state index contributed by atoms with van der Waals surface area (Å²) in [6.07, 6.45) is 6.82. The number of imidazole rings is 1. The Morgan fingerprint density at radius 1 is 1.19 bits per heavy atom. The highest BCUT2D eigenvalue weighted by Gasteiger charge is 2.12. The third-order valence-electron chi connectivity index (χ3n) is 4.57. The minimum absolute atomic E-state index is 0.264. The summed E-state index contributed by atoms with van der Waals surface area (Å²) in [4.78, 5) is 20.9. The molecular weight excluding hydrogens is 410 g/mol. The fourth-order valence-corrected chi connectivity index (χ4v) is 3.35. The highest BCUT2D eigenvalue weighted by molar-refractivity contribution is 7.98. The number of nitrogens with zero attached hydrogens (tertiary/aromatic N) is 4. The predicted octanol–water partition coefficient (Wildman–Crippen LogP) is 4.58. The van der Waals surface area contributed by atoms with Crippen LogP contribution in [0.1, 0.15) is 11.1 Å². The second kappa shape index (κ2) is 8.73. The van der Waals surface area contributed by atoms with E-state index >= 15 is 0 Å². The first-order valence-electron chi connectivity index (χ1n) is 9.29. The second-order valence-electron chi connectivity index (χ2n) is 6.60. The van der Waals surface area contributed by atoms with Gasteiger partial charge in [0.25, 0.3) is 0 Å². The zero-order chi connectivity index (χ0) is 21.8. The summed E-state index contributed by atoms with van der Waals surface area (Å²) in [7, 11) is 0. The Morgan fingerprint density at radius 2 is 2.00 bits per heavy atom. The number of thioether (sulfide) groups is 1. The lowest BCUT2D eigenvalue weighted by Gasteiger charge is -2.05. The zero-order valence-electron chi connectivity index (χ0n) is 16.5. The van der Waals surface area contributed by atoms with Gasteiger partial charge in [-0.1, -0.05) is 6.07 Å². The highest BCUT2D eigenvalue weighted by Crippen LogP contribution is 2.25. The molecule has 0 saturated heterocycles. The molecule has 2 aromatic heterocycles. The van der Waals surface area contributed by atoms with E-state index in [1.807, 2.05) is 24.5 Å². The van der Waals surface area contributed by atoms with E-state index in [9.17, 15) is 10.0 Å². The first kappa shape index (κ1) is 20.2. The van der Waals surface area contributed by atoms with Crippen molar-refractivity contribution in [3.05, 3.63) is 78.0 Å². The van der Waals surface area contributed by atoms with Crippen LogP contribution in [-0.4, -0.2) is 32.1 Å². The number of hydrogen-bond acceptors (Lipinski definition) is 6. The minimum atomic E-state index is -0.264. The molecule has 152 valence electrons. The van der Waals surface area contributed by atoms with Gasteiger partial charge in [0.15, 0.2) is 5.82 Å². The van der Waals surface area contributed by atoms with Gasteiger partial charge < -0.3 is 10.5 Å². The molecule has 31 heavy (non-hydrogen) atoms. The predicted molar refractivity (Wildman–Crippen MR) is 121 cm³/mol. The average molecular weight is 427 g/mol. The molecule has 2 N–H and O–H groups in total. The number of anilines is 1. The molecular formula is C23H17N5O2S. The molecule has 2 heterocycles. The quantitative estimate of drug-likeness (QED) is 0.274. The maximum Gasteiger partial charge on any atom is 0.248 e. The van der Waals surface area contributed by atoms with E-state index in [2.05, 4.69) is 15.3 Å². The second-order valence-corrected chi connectivity index (χ2v) is 7.42.